The van der Waals surface area contributed by atoms with Crippen LogP contribution in [-0.4, -0.2) is 22.9 Å². The molecule has 1 atom stereocenters. The van der Waals surface area contributed by atoms with E-state index < -0.39 is 17.7 Å². The summed E-state index contributed by atoms with van der Waals surface area (Å²) in [5.41, 5.74) is 2.56. The summed E-state index contributed by atoms with van der Waals surface area (Å²) in [7, 11) is 0. The summed E-state index contributed by atoms with van der Waals surface area (Å²) in [5, 5.41) is 11.4. The molecule has 5 rings (SSSR count). The highest BCUT2D eigenvalue weighted by molar-refractivity contribution is 6.51. The minimum atomic E-state index is -0.863. The number of Topliss-reactive ketones (excluding diaryl/α,β-unsaturated/α-hetero) is 1. The molecule has 39 heavy (non-hydrogen) atoms. The number of rotatable bonds is 7. The minimum Gasteiger partial charge on any atom is -0.507 e. The molecule has 1 saturated heterocycles. The molecule has 0 radical (unpaired) electrons. The highest BCUT2D eigenvalue weighted by Gasteiger charge is 2.47. The number of amides is 1. The van der Waals surface area contributed by atoms with Gasteiger partial charge in [0.25, 0.3) is 11.7 Å². The molecule has 0 saturated carbocycles. The Hall–Kier alpha value is -4.84. The molecule has 4 aromatic rings. The van der Waals surface area contributed by atoms with E-state index in [1.54, 1.807) is 36.4 Å². The fourth-order valence-corrected chi connectivity index (χ4v) is 4.68. The zero-order valence-corrected chi connectivity index (χ0v) is 22.0. The van der Waals surface area contributed by atoms with Crippen LogP contribution < -0.4 is 14.4 Å². The fraction of sp³-hybridized carbons (Fsp3) is 0.152. The van der Waals surface area contributed by atoms with Gasteiger partial charge in [-0.1, -0.05) is 42.5 Å². The topological polar surface area (TPSA) is 76.1 Å². The van der Waals surface area contributed by atoms with Crippen molar-refractivity contribution in [3.63, 3.8) is 0 Å². The number of ether oxygens (including phenoxy) is 2. The van der Waals surface area contributed by atoms with Gasteiger partial charge in [0.05, 0.1) is 17.7 Å². The van der Waals surface area contributed by atoms with Crippen molar-refractivity contribution in [2.45, 2.75) is 32.9 Å². The molecule has 1 unspecified atom stereocenters. The summed E-state index contributed by atoms with van der Waals surface area (Å²) >= 11 is 0. The van der Waals surface area contributed by atoms with Crippen LogP contribution in [0.2, 0.25) is 0 Å². The van der Waals surface area contributed by atoms with Gasteiger partial charge in [0.1, 0.15) is 23.0 Å². The van der Waals surface area contributed by atoms with E-state index in [9.17, 15) is 14.7 Å². The molecule has 1 aliphatic rings. The van der Waals surface area contributed by atoms with E-state index in [0.717, 1.165) is 5.56 Å². The predicted octanol–water partition coefficient (Wildman–Crippen LogP) is 7.20. The molecular weight excluding hydrogens is 490 g/mol. The van der Waals surface area contributed by atoms with Crippen molar-refractivity contribution in [2.24, 2.45) is 0 Å². The van der Waals surface area contributed by atoms with Gasteiger partial charge in [-0.15, -0.1) is 0 Å². The highest BCUT2D eigenvalue weighted by atomic mass is 16.5. The first-order valence-electron chi connectivity index (χ1n) is 12.8. The van der Waals surface area contributed by atoms with E-state index in [2.05, 4.69) is 0 Å². The second-order valence-corrected chi connectivity index (χ2v) is 9.69. The monoisotopic (exact) mass is 519 g/mol. The Morgan fingerprint density at radius 1 is 0.795 bits per heavy atom. The largest absolute Gasteiger partial charge is 0.507 e. The summed E-state index contributed by atoms with van der Waals surface area (Å²) < 4.78 is 11.7. The van der Waals surface area contributed by atoms with Gasteiger partial charge in [-0.3, -0.25) is 14.5 Å². The fourth-order valence-electron chi connectivity index (χ4n) is 4.68. The van der Waals surface area contributed by atoms with Crippen LogP contribution in [0.15, 0.2) is 109 Å². The molecule has 1 fully saturated rings. The number of aliphatic hydroxyl groups excluding tert-OH is 1. The Balaban J connectivity index is 1.63. The number of aliphatic hydroxyl groups is 1. The Morgan fingerprint density at radius 3 is 2.18 bits per heavy atom. The van der Waals surface area contributed by atoms with Gasteiger partial charge in [-0.05, 0) is 92.6 Å². The summed E-state index contributed by atoms with van der Waals surface area (Å²) in [5.74, 6) is 0.134. The van der Waals surface area contributed by atoms with Crippen molar-refractivity contribution < 1.29 is 24.2 Å². The highest BCUT2D eigenvalue weighted by Crippen LogP contribution is 2.43. The maximum absolute atomic E-state index is 13.5. The zero-order chi connectivity index (χ0) is 27.5. The predicted molar refractivity (Wildman–Crippen MR) is 151 cm³/mol. The number of hydrogen-bond donors (Lipinski definition) is 1. The van der Waals surface area contributed by atoms with Crippen molar-refractivity contribution in [2.75, 3.05) is 4.90 Å². The molecule has 0 aliphatic carbocycles. The molecule has 6 heteroatoms. The van der Waals surface area contributed by atoms with Crippen molar-refractivity contribution in [3.05, 3.63) is 125 Å². The average molecular weight is 520 g/mol. The van der Waals surface area contributed by atoms with E-state index >= 15 is 0 Å². The number of carbonyl (C=O) groups is 2. The summed E-state index contributed by atoms with van der Waals surface area (Å²) in [4.78, 5) is 28.4. The maximum Gasteiger partial charge on any atom is 0.300 e. The second-order valence-electron chi connectivity index (χ2n) is 9.69. The molecule has 1 amide bonds. The number of ketones is 1. The van der Waals surface area contributed by atoms with E-state index in [1.165, 1.54) is 4.90 Å². The van der Waals surface area contributed by atoms with Gasteiger partial charge < -0.3 is 14.6 Å². The minimum absolute atomic E-state index is 0.00511. The molecule has 1 N–H and O–H groups in total. The smallest absolute Gasteiger partial charge is 0.300 e. The van der Waals surface area contributed by atoms with Gasteiger partial charge in [0, 0.05) is 11.3 Å². The van der Waals surface area contributed by atoms with Gasteiger partial charge in [-0.2, -0.15) is 0 Å². The van der Waals surface area contributed by atoms with Crippen LogP contribution in [0.1, 0.15) is 36.6 Å². The summed E-state index contributed by atoms with van der Waals surface area (Å²) in [6.07, 6.45) is -0.00511. The third kappa shape index (κ3) is 5.41. The number of para-hydroxylation sites is 1. The Labute approximate surface area is 227 Å². The number of nitrogens with zero attached hydrogens (tertiary/aromatic N) is 1. The molecule has 1 heterocycles. The van der Waals surface area contributed by atoms with E-state index in [-0.39, 0.29) is 17.4 Å². The van der Waals surface area contributed by atoms with E-state index in [1.807, 2.05) is 87.5 Å². The average Bonchev–Trinajstić information content (AvgIpc) is 3.19. The van der Waals surface area contributed by atoms with Crippen molar-refractivity contribution in [1.82, 2.24) is 0 Å². The molecule has 6 nitrogen and oxygen atoms in total. The molecule has 0 aromatic heterocycles. The summed E-state index contributed by atoms with van der Waals surface area (Å²) in [6.45, 7) is 5.77. The number of aryl methyl sites for hydroxylation is 1. The molecule has 196 valence electrons. The lowest BCUT2D eigenvalue weighted by Gasteiger charge is -2.26. The molecule has 0 spiro atoms. The van der Waals surface area contributed by atoms with Gasteiger partial charge >= 0.3 is 0 Å². The van der Waals surface area contributed by atoms with Crippen LogP contribution in [-0.2, 0) is 9.59 Å². The van der Waals surface area contributed by atoms with Crippen LogP contribution in [0.25, 0.3) is 5.76 Å². The van der Waals surface area contributed by atoms with Gasteiger partial charge in [0.2, 0.25) is 0 Å². The van der Waals surface area contributed by atoms with Crippen LogP contribution in [0.4, 0.5) is 5.69 Å². The number of carbonyl (C=O) groups excluding carboxylic acids is 2. The normalized spacial score (nSPS) is 16.5. The summed E-state index contributed by atoms with van der Waals surface area (Å²) in [6, 6.07) is 29.9. The number of hydrogen-bond acceptors (Lipinski definition) is 5. The Bertz CT molecular complexity index is 1540. The third-order valence-corrected chi connectivity index (χ3v) is 6.38. The van der Waals surface area contributed by atoms with Crippen molar-refractivity contribution >= 4 is 23.1 Å². The molecule has 4 aromatic carbocycles. The van der Waals surface area contributed by atoms with E-state index in [4.69, 9.17) is 9.47 Å². The van der Waals surface area contributed by atoms with Gasteiger partial charge in [-0.25, -0.2) is 0 Å². The number of anilines is 1. The molecular formula is C33H29NO5. The first-order chi connectivity index (χ1) is 18.8. The first-order valence-corrected chi connectivity index (χ1v) is 12.8. The quantitative estimate of drug-likeness (QED) is 0.159. The molecule has 1 aliphatic heterocycles. The SMILES string of the molecule is Cc1cccc(N2C(=O)C(=O)/C(=C(\O)c3ccc(OC(C)C)cc3)C2c2cccc(Oc3ccccc3)c2)c1. The maximum atomic E-state index is 13.5. The van der Waals surface area contributed by atoms with Crippen LogP contribution in [0.5, 0.6) is 17.2 Å². The zero-order valence-electron chi connectivity index (χ0n) is 22.0. The lowest BCUT2D eigenvalue weighted by atomic mass is 9.95. The Kier molecular flexibility index (Phi) is 7.19. The lowest BCUT2D eigenvalue weighted by molar-refractivity contribution is -0.132. The van der Waals surface area contributed by atoms with Crippen molar-refractivity contribution in [3.8, 4) is 17.2 Å². The lowest BCUT2D eigenvalue weighted by Crippen LogP contribution is -2.29. The molecule has 0 bridgehead atoms. The van der Waals surface area contributed by atoms with Gasteiger partial charge in [0.15, 0.2) is 0 Å². The van der Waals surface area contributed by atoms with Crippen LogP contribution in [0, 0.1) is 6.92 Å². The first kappa shape index (κ1) is 25.8. The van der Waals surface area contributed by atoms with Crippen molar-refractivity contribution in [1.29, 1.82) is 0 Å². The third-order valence-electron chi connectivity index (χ3n) is 6.38. The Morgan fingerprint density at radius 2 is 1.49 bits per heavy atom. The van der Waals surface area contributed by atoms with Crippen LogP contribution >= 0.6 is 0 Å². The van der Waals surface area contributed by atoms with Crippen LogP contribution in [0.3, 0.4) is 0 Å². The standard InChI is InChI=1S/C33H29NO5/c1-21(2)38-27-17-15-23(16-18-27)31(35)29-30(34(33(37)32(29)36)25-11-7-9-22(3)19-25)24-10-8-14-28(20-24)39-26-12-5-4-6-13-26/h4-21,30,35H,1-3H3/b31-29-. The van der Waals surface area contributed by atoms with E-state index in [0.29, 0.717) is 34.1 Å². The second kappa shape index (κ2) is 10.9. The number of benzene rings is 4.